The molecular formula is C11H12F3N3O4. The Kier molecular flexibility index (Phi) is 3.90. The fraction of sp³-hybridized carbons (Fsp3) is 0.545. The summed E-state index contributed by atoms with van der Waals surface area (Å²) < 4.78 is 37.9. The molecule has 1 aliphatic rings. The van der Waals surface area contributed by atoms with Crippen LogP contribution in [0.3, 0.4) is 0 Å². The Labute approximate surface area is 116 Å². The molecule has 10 heteroatoms. The predicted molar refractivity (Wildman–Crippen MR) is 61.0 cm³/mol. The fourth-order valence-corrected chi connectivity index (χ4v) is 2.15. The third-order valence-corrected chi connectivity index (χ3v) is 3.11. The topological polar surface area (TPSA) is 95.7 Å². The van der Waals surface area contributed by atoms with E-state index in [1.165, 1.54) is 0 Å². The fourth-order valence-electron chi connectivity index (χ4n) is 2.15. The number of β-amino-alcohol motifs (C(OH)–C–C–N with tert-alkyl or cyclic N) is 1. The smallest absolute Gasteiger partial charge is 0.435 e. The number of carboxylic acids is 1. The second-order valence-electron chi connectivity index (χ2n) is 4.69. The molecule has 2 heterocycles. The van der Waals surface area contributed by atoms with Crippen molar-refractivity contribution in [3.05, 3.63) is 18.0 Å². The highest BCUT2D eigenvalue weighted by molar-refractivity contribution is 5.84. The van der Waals surface area contributed by atoms with Crippen molar-refractivity contribution < 1.29 is 33.0 Å². The largest absolute Gasteiger partial charge is 0.480 e. The van der Waals surface area contributed by atoms with E-state index in [0.29, 0.717) is 0 Å². The summed E-state index contributed by atoms with van der Waals surface area (Å²) in [7, 11) is 0. The van der Waals surface area contributed by atoms with Gasteiger partial charge in [0, 0.05) is 19.2 Å². The lowest BCUT2D eigenvalue weighted by molar-refractivity contribution is -0.148. The molecule has 1 fully saturated rings. The number of nitrogens with zero attached hydrogens (tertiary/aromatic N) is 3. The van der Waals surface area contributed by atoms with Crippen molar-refractivity contribution in [2.45, 2.75) is 31.3 Å². The first-order valence-electron chi connectivity index (χ1n) is 5.99. The van der Waals surface area contributed by atoms with Gasteiger partial charge in [0.1, 0.15) is 12.6 Å². The van der Waals surface area contributed by atoms with Gasteiger partial charge in [0.25, 0.3) is 0 Å². The molecule has 7 nitrogen and oxygen atoms in total. The van der Waals surface area contributed by atoms with Gasteiger partial charge in [0.05, 0.1) is 6.10 Å². The highest BCUT2D eigenvalue weighted by atomic mass is 19.4. The molecule has 21 heavy (non-hydrogen) atoms. The number of aromatic nitrogens is 2. The number of carboxylic acid groups (broad SMARTS) is 1. The molecule has 2 rings (SSSR count). The highest BCUT2D eigenvalue weighted by Crippen LogP contribution is 2.27. The number of likely N-dealkylation sites (tertiary alicyclic amines) is 1. The van der Waals surface area contributed by atoms with Gasteiger partial charge in [0.2, 0.25) is 5.91 Å². The minimum Gasteiger partial charge on any atom is -0.480 e. The molecule has 0 aromatic carbocycles. The molecule has 1 saturated heterocycles. The third-order valence-electron chi connectivity index (χ3n) is 3.11. The van der Waals surface area contributed by atoms with Gasteiger partial charge >= 0.3 is 12.1 Å². The average Bonchev–Trinajstić information content (AvgIpc) is 2.94. The Morgan fingerprint density at radius 2 is 2.10 bits per heavy atom. The van der Waals surface area contributed by atoms with E-state index in [1.807, 2.05) is 0 Å². The number of aliphatic hydroxyl groups excluding tert-OH is 1. The van der Waals surface area contributed by atoms with Crippen LogP contribution in [0, 0.1) is 0 Å². The molecule has 2 N–H and O–H groups in total. The maximum Gasteiger partial charge on any atom is 0.435 e. The summed E-state index contributed by atoms with van der Waals surface area (Å²) in [5.41, 5.74) is -1.13. The van der Waals surface area contributed by atoms with E-state index in [1.54, 1.807) is 0 Å². The number of halogens is 3. The number of amides is 1. The molecule has 1 amide bonds. The Morgan fingerprint density at radius 3 is 2.62 bits per heavy atom. The van der Waals surface area contributed by atoms with Gasteiger partial charge in [-0.05, 0) is 6.07 Å². The summed E-state index contributed by atoms with van der Waals surface area (Å²) in [5, 5.41) is 21.6. The summed E-state index contributed by atoms with van der Waals surface area (Å²) in [4.78, 5) is 23.8. The molecule has 0 unspecified atom stereocenters. The quantitative estimate of drug-likeness (QED) is 0.816. The van der Waals surface area contributed by atoms with Crippen LogP contribution in [-0.2, 0) is 22.3 Å². The molecule has 0 bridgehead atoms. The Morgan fingerprint density at radius 1 is 1.43 bits per heavy atom. The molecule has 1 aromatic rings. The standard InChI is InChI=1S/C11H12F3N3O4/c12-11(13,14)8-1-2-16(15-8)5-9(19)17-4-6(18)3-7(17)10(20)21/h1-2,6-7,18H,3-5H2,(H,20,21)/t6-,7-/m1/s1. The number of hydrogen-bond acceptors (Lipinski definition) is 4. The summed E-state index contributed by atoms with van der Waals surface area (Å²) >= 11 is 0. The van der Waals surface area contributed by atoms with Gasteiger partial charge in [-0.15, -0.1) is 0 Å². The molecule has 1 aliphatic heterocycles. The monoisotopic (exact) mass is 307 g/mol. The van der Waals surface area contributed by atoms with Crippen LogP contribution in [0.2, 0.25) is 0 Å². The second kappa shape index (κ2) is 5.35. The number of aliphatic hydroxyl groups is 1. The average molecular weight is 307 g/mol. The number of carbonyl (C=O) groups excluding carboxylic acids is 1. The molecular weight excluding hydrogens is 295 g/mol. The summed E-state index contributed by atoms with van der Waals surface area (Å²) in [6.45, 7) is -0.685. The van der Waals surface area contributed by atoms with Crippen LogP contribution >= 0.6 is 0 Å². The van der Waals surface area contributed by atoms with E-state index in [-0.39, 0.29) is 13.0 Å². The number of aliphatic carboxylic acids is 1. The maximum absolute atomic E-state index is 12.4. The van der Waals surface area contributed by atoms with Crippen LogP contribution < -0.4 is 0 Å². The molecule has 0 saturated carbocycles. The molecule has 2 atom stereocenters. The maximum atomic E-state index is 12.4. The van der Waals surface area contributed by atoms with E-state index in [2.05, 4.69) is 5.10 Å². The summed E-state index contributed by atoms with van der Waals surface area (Å²) in [6, 6.07) is -0.453. The first kappa shape index (κ1) is 15.3. The highest BCUT2D eigenvalue weighted by Gasteiger charge is 2.39. The van der Waals surface area contributed by atoms with Gasteiger partial charge in [-0.2, -0.15) is 18.3 Å². The van der Waals surface area contributed by atoms with Crippen molar-refractivity contribution >= 4 is 11.9 Å². The van der Waals surface area contributed by atoms with E-state index < -0.39 is 42.4 Å². The molecule has 0 radical (unpaired) electrons. The Hall–Kier alpha value is -2.10. The van der Waals surface area contributed by atoms with Crippen LogP contribution in [0.1, 0.15) is 12.1 Å². The lowest BCUT2D eigenvalue weighted by Crippen LogP contribution is -2.42. The zero-order chi connectivity index (χ0) is 15.8. The van der Waals surface area contributed by atoms with Gasteiger partial charge in [-0.3, -0.25) is 9.48 Å². The van der Waals surface area contributed by atoms with Crippen molar-refractivity contribution in [2.24, 2.45) is 0 Å². The number of alkyl halides is 3. The van der Waals surface area contributed by atoms with Crippen LogP contribution in [0.5, 0.6) is 0 Å². The van der Waals surface area contributed by atoms with Crippen molar-refractivity contribution in [2.75, 3.05) is 6.54 Å². The first-order valence-corrected chi connectivity index (χ1v) is 5.99. The van der Waals surface area contributed by atoms with Crippen molar-refractivity contribution in [1.82, 2.24) is 14.7 Å². The number of carbonyl (C=O) groups is 2. The van der Waals surface area contributed by atoms with Gasteiger partial charge in [-0.25, -0.2) is 4.79 Å². The van der Waals surface area contributed by atoms with Crippen LogP contribution in [-0.4, -0.2) is 55.5 Å². The number of hydrogen-bond donors (Lipinski definition) is 2. The van der Waals surface area contributed by atoms with Gasteiger partial charge in [-0.1, -0.05) is 0 Å². The predicted octanol–water partition coefficient (Wildman–Crippen LogP) is -0.0517. The Balaban J connectivity index is 2.07. The van der Waals surface area contributed by atoms with Gasteiger partial charge < -0.3 is 15.1 Å². The van der Waals surface area contributed by atoms with Crippen molar-refractivity contribution in [3.63, 3.8) is 0 Å². The van der Waals surface area contributed by atoms with E-state index in [4.69, 9.17) is 5.11 Å². The van der Waals surface area contributed by atoms with Gasteiger partial charge in [0.15, 0.2) is 5.69 Å². The van der Waals surface area contributed by atoms with E-state index >= 15 is 0 Å². The minimum absolute atomic E-state index is 0.103. The molecule has 0 aliphatic carbocycles. The zero-order valence-electron chi connectivity index (χ0n) is 10.6. The van der Waals surface area contributed by atoms with Crippen LogP contribution in [0.25, 0.3) is 0 Å². The van der Waals surface area contributed by atoms with Crippen molar-refractivity contribution in [1.29, 1.82) is 0 Å². The Bertz CT molecular complexity index is 557. The zero-order valence-corrected chi connectivity index (χ0v) is 10.6. The SMILES string of the molecule is O=C(O)[C@H]1C[C@@H](O)CN1C(=O)Cn1ccc(C(F)(F)F)n1. The first-order chi connectivity index (χ1) is 9.68. The lowest BCUT2D eigenvalue weighted by Gasteiger charge is -2.21. The lowest BCUT2D eigenvalue weighted by atomic mass is 10.2. The normalized spacial score (nSPS) is 22.6. The minimum atomic E-state index is -4.61. The van der Waals surface area contributed by atoms with E-state index in [9.17, 15) is 27.9 Å². The van der Waals surface area contributed by atoms with Crippen molar-refractivity contribution in [3.8, 4) is 0 Å². The molecule has 0 spiro atoms. The number of rotatable bonds is 3. The molecule has 1 aromatic heterocycles. The van der Waals surface area contributed by atoms with Crippen LogP contribution in [0.15, 0.2) is 12.3 Å². The van der Waals surface area contributed by atoms with Crippen LogP contribution in [0.4, 0.5) is 13.2 Å². The second-order valence-corrected chi connectivity index (χ2v) is 4.69. The summed E-state index contributed by atoms with van der Waals surface area (Å²) in [5.74, 6) is -1.98. The molecule has 116 valence electrons. The summed E-state index contributed by atoms with van der Waals surface area (Å²) in [6.07, 6.45) is -4.68. The third kappa shape index (κ3) is 3.32. The van der Waals surface area contributed by atoms with E-state index in [0.717, 1.165) is 21.8 Å².